The number of rotatable bonds is 6. The zero-order valence-electron chi connectivity index (χ0n) is 12.2. The van der Waals surface area contributed by atoms with Crippen LogP contribution < -0.4 is 10.5 Å². The monoisotopic (exact) mass is 332 g/mol. The van der Waals surface area contributed by atoms with E-state index in [1.165, 1.54) is 18.2 Å². The summed E-state index contributed by atoms with van der Waals surface area (Å²) in [4.78, 5) is 14.5. The Morgan fingerprint density at radius 1 is 1.46 bits per heavy atom. The van der Waals surface area contributed by atoms with Crippen LogP contribution in [0.4, 0.5) is 11.5 Å². The molecule has 24 heavy (non-hydrogen) atoms. The van der Waals surface area contributed by atoms with Gasteiger partial charge in [-0.2, -0.15) is 4.98 Å². The number of aromatic amines is 1. The minimum absolute atomic E-state index is 0.0170. The molecule has 0 atom stereocenters. The van der Waals surface area contributed by atoms with Crippen LogP contribution in [0.5, 0.6) is 5.88 Å². The van der Waals surface area contributed by atoms with Crippen LogP contribution in [0.2, 0.25) is 0 Å². The van der Waals surface area contributed by atoms with Crippen molar-refractivity contribution in [1.29, 1.82) is 0 Å². The molecule has 0 radical (unpaired) electrons. The van der Waals surface area contributed by atoms with E-state index in [1.807, 2.05) is 0 Å². The fourth-order valence-electron chi connectivity index (χ4n) is 1.99. The molecule has 0 saturated carbocycles. The van der Waals surface area contributed by atoms with Gasteiger partial charge in [0.15, 0.2) is 0 Å². The molecule has 124 valence electrons. The standard InChI is InChI=1S/C13H12N6O5/c14-10-9(13(17-16-10)23-5-4-20)12-15-11(18-24-12)7-2-1-3-8(6-7)19(21)22/h1-3,6,20H,4-5H2,(H3,14,16,17). The fraction of sp³-hybridized carbons (Fsp3) is 0.154. The van der Waals surface area contributed by atoms with Crippen LogP contribution >= 0.6 is 0 Å². The molecule has 3 aromatic rings. The van der Waals surface area contributed by atoms with Crippen molar-refractivity contribution in [3.05, 3.63) is 34.4 Å². The van der Waals surface area contributed by atoms with E-state index in [-0.39, 0.29) is 47.9 Å². The van der Waals surface area contributed by atoms with Crippen molar-refractivity contribution in [2.45, 2.75) is 0 Å². The number of non-ortho nitro benzene ring substituents is 1. The first-order chi connectivity index (χ1) is 11.6. The minimum Gasteiger partial charge on any atom is -0.474 e. The second-order valence-corrected chi connectivity index (χ2v) is 4.62. The lowest BCUT2D eigenvalue weighted by molar-refractivity contribution is -0.384. The Kier molecular flexibility index (Phi) is 4.07. The van der Waals surface area contributed by atoms with Gasteiger partial charge in [-0.1, -0.05) is 17.3 Å². The molecule has 0 spiro atoms. The van der Waals surface area contributed by atoms with Crippen molar-refractivity contribution in [1.82, 2.24) is 20.3 Å². The normalized spacial score (nSPS) is 10.7. The van der Waals surface area contributed by atoms with Crippen LogP contribution in [0.3, 0.4) is 0 Å². The van der Waals surface area contributed by atoms with Gasteiger partial charge in [-0.15, -0.1) is 5.10 Å². The highest BCUT2D eigenvalue weighted by Crippen LogP contribution is 2.33. The molecule has 0 aliphatic rings. The Labute approximate surface area is 134 Å². The second kappa shape index (κ2) is 6.34. The van der Waals surface area contributed by atoms with Gasteiger partial charge < -0.3 is 20.1 Å². The molecule has 11 heteroatoms. The van der Waals surface area contributed by atoms with Crippen molar-refractivity contribution in [2.75, 3.05) is 18.9 Å². The molecule has 2 heterocycles. The third-order valence-corrected chi connectivity index (χ3v) is 3.05. The maximum Gasteiger partial charge on any atom is 0.270 e. The summed E-state index contributed by atoms with van der Waals surface area (Å²) in [6.45, 7) is -0.182. The Hall–Kier alpha value is -3.47. The first kappa shape index (κ1) is 15.4. The molecule has 0 aliphatic carbocycles. The van der Waals surface area contributed by atoms with Crippen molar-refractivity contribution < 1.29 is 19.3 Å². The van der Waals surface area contributed by atoms with Gasteiger partial charge in [-0.05, 0) is 0 Å². The number of aromatic nitrogens is 4. The molecule has 0 fully saturated rings. The first-order valence-electron chi connectivity index (χ1n) is 6.76. The van der Waals surface area contributed by atoms with Crippen molar-refractivity contribution in [3.63, 3.8) is 0 Å². The number of anilines is 1. The van der Waals surface area contributed by atoms with E-state index in [0.717, 1.165) is 0 Å². The Bertz CT molecular complexity index is 873. The third-order valence-electron chi connectivity index (χ3n) is 3.05. The van der Waals surface area contributed by atoms with Gasteiger partial charge >= 0.3 is 0 Å². The number of nitrogens with one attached hydrogen (secondary N) is 1. The maximum absolute atomic E-state index is 10.8. The van der Waals surface area contributed by atoms with Crippen LogP contribution in [0, 0.1) is 10.1 Å². The van der Waals surface area contributed by atoms with Crippen LogP contribution in [0.25, 0.3) is 22.8 Å². The largest absolute Gasteiger partial charge is 0.474 e. The van der Waals surface area contributed by atoms with Gasteiger partial charge in [0.1, 0.15) is 18.0 Å². The summed E-state index contributed by atoms with van der Waals surface area (Å²) in [6, 6.07) is 5.82. The summed E-state index contributed by atoms with van der Waals surface area (Å²) in [5.74, 6) is 0.450. The summed E-state index contributed by atoms with van der Waals surface area (Å²) in [6.07, 6.45) is 0. The SMILES string of the molecule is Nc1[nH]nc(OCCO)c1-c1nc(-c2cccc([N+](=O)[O-])c2)no1. The molecule has 11 nitrogen and oxygen atoms in total. The average molecular weight is 332 g/mol. The molecular weight excluding hydrogens is 320 g/mol. The zero-order valence-corrected chi connectivity index (χ0v) is 12.2. The van der Waals surface area contributed by atoms with Crippen molar-refractivity contribution >= 4 is 11.5 Å². The van der Waals surface area contributed by atoms with Crippen molar-refractivity contribution in [3.8, 4) is 28.7 Å². The first-order valence-corrected chi connectivity index (χ1v) is 6.76. The second-order valence-electron chi connectivity index (χ2n) is 4.62. The third kappa shape index (κ3) is 2.87. The average Bonchev–Trinajstić information content (AvgIpc) is 3.19. The summed E-state index contributed by atoms with van der Waals surface area (Å²) in [5, 5.41) is 29.8. The lowest BCUT2D eigenvalue weighted by atomic mass is 10.2. The van der Waals surface area contributed by atoms with Gasteiger partial charge in [0, 0.05) is 17.7 Å². The topological polar surface area (TPSA) is 166 Å². The molecule has 0 unspecified atom stereocenters. The number of benzene rings is 1. The van der Waals surface area contributed by atoms with Crippen LogP contribution in [-0.4, -0.2) is 43.6 Å². The highest BCUT2D eigenvalue weighted by atomic mass is 16.6. The summed E-state index contributed by atoms with van der Waals surface area (Å²) >= 11 is 0. The quantitative estimate of drug-likeness (QED) is 0.440. The molecule has 0 bridgehead atoms. The number of nitrogen functional groups attached to an aromatic ring is 1. The van der Waals surface area contributed by atoms with E-state index in [1.54, 1.807) is 6.07 Å². The number of aliphatic hydroxyl groups is 1. The predicted molar refractivity (Wildman–Crippen MR) is 81.0 cm³/mol. The molecule has 1 aromatic carbocycles. The molecular formula is C13H12N6O5. The van der Waals surface area contributed by atoms with Gasteiger partial charge in [-0.25, -0.2) is 0 Å². The zero-order chi connectivity index (χ0) is 17.1. The summed E-state index contributed by atoms with van der Waals surface area (Å²) < 4.78 is 10.4. The maximum atomic E-state index is 10.8. The highest BCUT2D eigenvalue weighted by Gasteiger charge is 2.22. The molecule has 2 aromatic heterocycles. The van der Waals surface area contributed by atoms with Crippen LogP contribution in [0.1, 0.15) is 0 Å². The Morgan fingerprint density at radius 3 is 3.04 bits per heavy atom. The molecule has 3 rings (SSSR count). The lowest BCUT2D eigenvalue weighted by Gasteiger charge is -2.00. The molecule has 0 aliphatic heterocycles. The summed E-state index contributed by atoms with van der Waals surface area (Å²) in [7, 11) is 0. The number of hydrogen-bond donors (Lipinski definition) is 3. The van der Waals surface area contributed by atoms with E-state index >= 15 is 0 Å². The number of ether oxygens (including phenoxy) is 1. The van der Waals surface area contributed by atoms with Crippen LogP contribution in [-0.2, 0) is 0 Å². The lowest BCUT2D eigenvalue weighted by Crippen LogP contribution is -2.02. The summed E-state index contributed by atoms with van der Waals surface area (Å²) in [5.41, 5.74) is 6.36. The minimum atomic E-state index is -0.514. The Morgan fingerprint density at radius 2 is 2.29 bits per heavy atom. The van der Waals surface area contributed by atoms with Crippen LogP contribution in [0.15, 0.2) is 28.8 Å². The number of hydrogen-bond acceptors (Lipinski definition) is 9. The number of H-pyrrole nitrogens is 1. The fourth-order valence-corrected chi connectivity index (χ4v) is 1.99. The number of nitrogens with two attached hydrogens (primary N) is 1. The van der Waals surface area contributed by atoms with Crippen molar-refractivity contribution in [2.24, 2.45) is 0 Å². The highest BCUT2D eigenvalue weighted by molar-refractivity contribution is 5.73. The number of aliphatic hydroxyl groups excluding tert-OH is 1. The van der Waals surface area contributed by atoms with E-state index in [4.69, 9.17) is 20.1 Å². The number of nitrogens with zero attached hydrogens (tertiary/aromatic N) is 4. The number of nitro groups is 1. The van der Waals surface area contributed by atoms with E-state index < -0.39 is 4.92 Å². The van der Waals surface area contributed by atoms with Gasteiger partial charge in [-0.3, -0.25) is 15.2 Å². The van der Waals surface area contributed by atoms with E-state index in [2.05, 4.69) is 20.3 Å². The van der Waals surface area contributed by atoms with Gasteiger partial charge in [0.2, 0.25) is 11.7 Å². The van der Waals surface area contributed by atoms with Gasteiger partial charge in [0.05, 0.1) is 11.5 Å². The Balaban J connectivity index is 1.96. The smallest absolute Gasteiger partial charge is 0.270 e. The molecule has 0 saturated heterocycles. The van der Waals surface area contributed by atoms with Gasteiger partial charge in [0.25, 0.3) is 11.6 Å². The number of nitro benzene ring substituents is 1. The van der Waals surface area contributed by atoms with E-state index in [9.17, 15) is 10.1 Å². The predicted octanol–water partition coefficient (Wildman–Crippen LogP) is 0.988. The van der Waals surface area contributed by atoms with E-state index in [0.29, 0.717) is 5.56 Å². The molecule has 4 N–H and O–H groups in total. The molecule has 0 amide bonds.